The van der Waals surface area contributed by atoms with E-state index in [4.69, 9.17) is 33.7 Å². The highest BCUT2D eigenvalue weighted by Crippen LogP contribution is 2.24. The lowest BCUT2D eigenvalue weighted by molar-refractivity contribution is 0.0497. The fraction of sp³-hybridized carbons (Fsp3) is 0.452. The summed E-state index contributed by atoms with van der Waals surface area (Å²) in [7, 11) is 1.76. The van der Waals surface area contributed by atoms with Crippen LogP contribution in [0.4, 0.5) is 11.4 Å². The Morgan fingerprint density at radius 1 is 0.405 bits per heavy atom. The maximum absolute atomic E-state index is 13.1. The Bertz CT molecular complexity index is 2450. The molecule has 0 fully saturated rings. The number of nitriles is 1. The minimum atomic E-state index is -0.453. The van der Waals surface area contributed by atoms with Crippen LogP contribution < -0.4 is 18.9 Å². The minimum absolute atomic E-state index is 0.0226. The molecule has 0 heterocycles. The van der Waals surface area contributed by atoms with E-state index in [1.165, 1.54) is 45.4 Å². The first-order valence-corrected chi connectivity index (χ1v) is 26.9. The van der Waals surface area contributed by atoms with E-state index in [9.17, 15) is 14.4 Å². The van der Waals surface area contributed by atoms with E-state index < -0.39 is 5.97 Å². The van der Waals surface area contributed by atoms with Gasteiger partial charge in [-0.2, -0.15) is 15.5 Å². The number of ether oxygens (including phenoxy) is 6. The Hall–Kier alpha value is -6.84. The molecule has 0 aliphatic carbocycles. The van der Waals surface area contributed by atoms with Crippen molar-refractivity contribution in [1.82, 2.24) is 0 Å². The fourth-order valence-electron chi connectivity index (χ4n) is 8.14. The van der Waals surface area contributed by atoms with E-state index in [-0.39, 0.29) is 11.6 Å². The number of carbonyl (C=O) groups is 3. The summed E-state index contributed by atoms with van der Waals surface area (Å²) in [5, 5.41) is 17.4. The van der Waals surface area contributed by atoms with E-state index in [1.807, 2.05) is 72.8 Å². The molecule has 0 aliphatic heterocycles. The quantitative estimate of drug-likeness (QED) is 0.0161. The van der Waals surface area contributed by atoms with Crippen LogP contribution in [-0.2, 0) is 9.47 Å². The fourth-order valence-corrected chi connectivity index (χ4v) is 8.14. The molecule has 0 bridgehead atoms. The summed E-state index contributed by atoms with van der Waals surface area (Å²) in [5.74, 6) is 2.18. The van der Waals surface area contributed by atoms with Gasteiger partial charge in [-0.1, -0.05) is 77.0 Å². The third kappa shape index (κ3) is 23.4. The van der Waals surface area contributed by atoms with Crippen LogP contribution in [0.1, 0.15) is 178 Å². The van der Waals surface area contributed by atoms with E-state index in [0.29, 0.717) is 78.0 Å². The summed E-state index contributed by atoms with van der Waals surface area (Å²) in [6.45, 7) is 5.05. The predicted octanol–water partition coefficient (Wildman–Crippen LogP) is 15.9. The molecule has 5 aromatic carbocycles. The number of esters is 1. The normalized spacial score (nSPS) is 11.0. The second-order valence-corrected chi connectivity index (χ2v) is 18.6. The number of rotatable bonds is 39. The molecule has 0 spiro atoms. The predicted molar refractivity (Wildman–Crippen MR) is 291 cm³/mol. The average Bonchev–Trinajstić information content (AvgIpc) is 3.43. The van der Waals surface area contributed by atoms with E-state index >= 15 is 0 Å². The van der Waals surface area contributed by atoms with Crippen LogP contribution in [0.25, 0.3) is 0 Å². The molecule has 0 saturated heterocycles. The summed E-state index contributed by atoms with van der Waals surface area (Å²) in [5.41, 5.74) is 3.96. The topological polar surface area (TPSA) is 155 Å². The van der Waals surface area contributed by atoms with Crippen molar-refractivity contribution in [2.24, 2.45) is 10.2 Å². The highest BCUT2D eigenvalue weighted by atomic mass is 16.5. The number of carbonyl (C=O) groups excluding carboxylic acids is 3. The van der Waals surface area contributed by atoms with Gasteiger partial charge in [0.25, 0.3) is 0 Å². The molecule has 5 aromatic rings. The maximum Gasteiger partial charge on any atom is 0.338 e. The number of azo groups is 1. The number of benzene rings is 5. The molecule has 0 radical (unpaired) electrons. The number of methoxy groups -OCH3 is 1. The summed E-state index contributed by atoms with van der Waals surface area (Å²) in [4.78, 5) is 38.3. The van der Waals surface area contributed by atoms with Gasteiger partial charge in [0.1, 0.15) is 23.0 Å². The molecule has 12 heteroatoms. The van der Waals surface area contributed by atoms with Gasteiger partial charge in [-0.25, -0.2) is 4.79 Å². The van der Waals surface area contributed by atoms with Gasteiger partial charge in [-0.3, -0.25) is 9.59 Å². The molecule has 0 atom stereocenters. The number of unbranched alkanes of at least 4 members (excludes halogenated alkanes) is 17. The Kier molecular flexibility index (Phi) is 27.7. The Labute approximate surface area is 439 Å². The Morgan fingerprint density at radius 3 is 1.16 bits per heavy atom. The number of Topliss-reactive ketones (excluding diaryl/α,β-unsaturated/α-hetero) is 1. The lowest BCUT2D eigenvalue weighted by atomic mass is 10.0. The molecule has 0 N–H and O–H groups in total. The Morgan fingerprint density at radius 2 is 0.757 bits per heavy atom. The number of ketones is 2. The van der Waals surface area contributed by atoms with Crippen molar-refractivity contribution in [3.05, 3.63) is 143 Å². The van der Waals surface area contributed by atoms with E-state index in [0.717, 1.165) is 114 Å². The first kappa shape index (κ1) is 58.1. The summed E-state index contributed by atoms with van der Waals surface area (Å²) in [6, 6.07) is 36.1. The maximum atomic E-state index is 13.1. The van der Waals surface area contributed by atoms with Gasteiger partial charge < -0.3 is 28.4 Å². The second kappa shape index (κ2) is 35.3. The zero-order valence-electron chi connectivity index (χ0n) is 43.9. The molecule has 0 aromatic heterocycles. The molecule has 0 amide bonds. The van der Waals surface area contributed by atoms with Crippen LogP contribution in [0, 0.1) is 11.3 Å². The largest absolute Gasteiger partial charge is 0.494 e. The lowest BCUT2D eigenvalue weighted by Crippen LogP contribution is -2.09. The smallest absolute Gasteiger partial charge is 0.338 e. The molecule has 12 nitrogen and oxygen atoms in total. The van der Waals surface area contributed by atoms with Crippen LogP contribution in [0.15, 0.2) is 125 Å². The molecule has 74 heavy (non-hydrogen) atoms. The van der Waals surface area contributed by atoms with Crippen molar-refractivity contribution in [2.75, 3.05) is 46.8 Å². The molecule has 0 aliphatic rings. The van der Waals surface area contributed by atoms with Gasteiger partial charge in [0.15, 0.2) is 11.6 Å². The van der Waals surface area contributed by atoms with Crippen LogP contribution in [-0.4, -0.2) is 64.3 Å². The van der Waals surface area contributed by atoms with Crippen molar-refractivity contribution in [1.29, 1.82) is 5.26 Å². The number of nitrogens with zero attached hydrogens (tertiary/aromatic N) is 3. The van der Waals surface area contributed by atoms with E-state index in [2.05, 4.69) is 16.3 Å². The van der Waals surface area contributed by atoms with Gasteiger partial charge in [0, 0.05) is 30.4 Å². The standard InChI is InChI=1S/C62H77N3O9/c1-49(66)53-45-54(47-60(46-53)73-43-21-16-15-20-42-72-59-37-31-56(32-38-59)65-64-55-29-23-50(48-63)24-30-55)62(68)74-44-22-14-10-6-5-9-13-19-41-71-58-35-27-52(28-36-58)61(67)51-25-33-57(34-26-51)70-40-18-12-8-4-3-7-11-17-39-69-2/h23-38,45-47H,3-22,39-44H2,1-2H3. The molecular formula is C62H77N3O9. The van der Waals surface area contributed by atoms with Gasteiger partial charge in [0.2, 0.25) is 0 Å². The zero-order valence-corrected chi connectivity index (χ0v) is 43.9. The van der Waals surface area contributed by atoms with Crippen LogP contribution in [0.5, 0.6) is 23.0 Å². The summed E-state index contributed by atoms with van der Waals surface area (Å²) in [6.07, 6.45) is 21.6. The highest BCUT2D eigenvalue weighted by molar-refractivity contribution is 6.09. The van der Waals surface area contributed by atoms with Gasteiger partial charge in [-0.05, 0) is 174 Å². The van der Waals surface area contributed by atoms with E-state index in [1.54, 1.807) is 49.6 Å². The first-order valence-electron chi connectivity index (χ1n) is 26.9. The average molecular weight is 1010 g/mol. The molecular weight excluding hydrogens is 931 g/mol. The SMILES string of the molecule is COCCCCCCCCCCOc1ccc(C(=O)c2ccc(OCCCCCCCCCCOC(=O)c3cc(OCCCCCCOc4ccc(N=Nc5ccc(C#N)cc5)cc4)cc(C(C)=O)c3)cc2)cc1. The number of hydrogen-bond acceptors (Lipinski definition) is 12. The zero-order chi connectivity index (χ0) is 52.3. The molecule has 5 rings (SSSR count). The van der Waals surface area contributed by atoms with Crippen molar-refractivity contribution in [3.8, 4) is 29.1 Å². The van der Waals surface area contributed by atoms with Gasteiger partial charge in [0.05, 0.1) is 61.6 Å². The van der Waals surface area contributed by atoms with Gasteiger partial charge in [-0.15, -0.1) is 0 Å². The van der Waals surface area contributed by atoms with Crippen LogP contribution in [0.3, 0.4) is 0 Å². The van der Waals surface area contributed by atoms with Gasteiger partial charge >= 0.3 is 5.97 Å². The minimum Gasteiger partial charge on any atom is -0.494 e. The van der Waals surface area contributed by atoms with Crippen LogP contribution >= 0.6 is 0 Å². The Balaban J connectivity index is 0.839. The second-order valence-electron chi connectivity index (χ2n) is 18.6. The van der Waals surface area contributed by atoms with Crippen molar-refractivity contribution >= 4 is 28.9 Å². The first-order chi connectivity index (χ1) is 36.3. The number of hydrogen-bond donors (Lipinski definition) is 0. The lowest BCUT2D eigenvalue weighted by Gasteiger charge is -2.11. The monoisotopic (exact) mass is 1010 g/mol. The third-order valence-electron chi connectivity index (χ3n) is 12.5. The molecule has 394 valence electrons. The third-order valence-corrected chi connectivity index (χ3v) is 12.5. The molecule has 0 saturated carbocycles. The summed E-state index contributed by atoms with van der Waals surface area (Å²) >= 11 is 0. The molecule has 0 unspecified atom stereocenters. The highest BCUT2D eigenvalue weighted by Gasteiger charge is 2.14. The summed E-state index contributed by atoms with van der Waals surface area (Å²) < 4.78 is 34.4. The van der Waals surface area contributed by atoms with Crippen molar-refractivity contribution in [3.63, 3.8) is 0 Å². The van der Waals surface area contributed by atoms with Crippen LogP contribution in [0.2, 0.25) is 0 Å². The van der Waals surface area contributed by atoms with Crippen molar-refractivity contribution < 1.29 is 42.8 Å². The van der Waals surface area contributed by atoms with Crippen molar-refractivity contribution in [2.45, 2.75) is 135 Å².